The normalized spacial score (nSPS) is 11.4. The Kier molecular flexibility index (Phi) is 8.45. The number of halogens is 5. The maximum Gasteiger partial charge on any atom is 0.471 e. The third kappa shape index (κ3) is 7.32. The Morgan fingerprint density at radius 1 is 1.28 bits per heavy atom. The Morgan fingerprint density at radius 2 is 1.97 bits per heavy atom. The first-order valence-electron chi connectivity index (χ1n) is 8.14. The lowest BCUT2D eigenvalue weighted by Gasteiger charge is -2.21. The molecule has 1 aromatic heterocycles. The van der Waals surface area contributed by atoms with Crippen molar-refractivity contribution in [3.05, 3.63) is 46.3 Å². The summed E-state index contributed by atoms with van der Waals surface area (Å²) in [5, 5.41) is 4.44. The smallest absolute Gasteiger partial charge is 0.384 e. The van der Waals surface area contributed by atoms with Gasteiger partial charge in [0.25, 0.3) is 0 Å². The summed E-state index contributed by atoms with van der Waals surface area (Å²) < 4.78 is 46.8. The number of ether oxygens (including phenoxy) is 1. The van der Waals surface area contributed by atoms with Crippen molar-refractivity contribution in [2.75, 3.05) is 20.3 Å². The van der Waals surface area contributed by atoms with Gasteiger partial charge in [-0.2, -0.15) is 18.2 Å². The van der Waals surface area contributed by atoms with Crippen molar-refractivity contribution in [1.29, 1.82) is 0 Å². The highest BCUT2D eigenvalue weighted by molar-refractivity contribution is 6.55. The van der Waals surface area contributed by atoms with Crippen molar-refractivity contribution in [3.63, 3.8) is 0 Å². The molecule has 0 atom stereocenters. The number of hydrogen-bond acceptors (Lipinski definition) is 6. The highest BCUT2D eigenvalue weighted by atomic mass is 35.5. The molecule has 0 radical (unpaired) electrons. The van der Waals surface area contributed by atoms with Gasteiger partial charge in [-0.1, -0.05) is 52.6 Å². The van der Waals surface area contributed by atoms with Crippen LogP contribution in [0, 0.1) is 0 Å². The van der Waals surface area contributed by atoms with Gasteiger partial charge in [0.2, 0.25) is 11.7 Å². The van der Waals surface area contributed by atoms with E-state index in [0.29, 0.717) is 11.1 Å². The number of amides is 1. The predicted molar refractivity (Wildman–Crippen MR) is 97.5 cm³/mol. The number of methoxy groups -OCH3 is 1. The number of benzene rings is 1. The van der Waals surface area contributed by atoms with Gasteiger partial charge in [0.05, 0.1) is 26.2 Å². The van der Waals surface area contributed by atoms with E-state index in [1.165, 1.54) is 25.3 Å². The molecule has 0 fully saturated rings. The average Bonchev–Trinajstić information content (AvgIpc) is 3.16. The summed E-state index contributed by atoms with van der Waals surface area (Å²) in [6.45, 7) is 0.266. The third-order valence-electron chi connectivity index (χ3n) is 3.47. The molecule has 1 amide bonds. The van der Waals surface area contributed by atoms with E-state index in [2.05, 4.69) is 14.7 Å². The van der Waals surface area contributed by atoms with Gasteiger partial charge in [0.1, 0.15) is 4.49 Å². The van der Waals surface area contributed by atoms with Crippen LogP contribution in [0.25, 0.3) is 11.4 Å². The second kappa shape index (κ2) is 10.6. The molecule has 1 heterocycles. The largest absolute Gasteiger partial charge is 0.471 e. The fourth-order valence-corrected chi connectivity index (χ4v) is 2.22. The highest BCUT2D eigenvalue weighted by Crippen LogP contribution is 2.29. The van der Waals surface area contributed by atoms with Crippen LogP contribution in [0.1, 0.15) is 17.9 Å². The van der Waals surface area contributed by atoms with E-state index in [1.807, 2.05) is 0 Å². The molecular formula is C17H16Cl2F3N3O4. The zero-order valence-corrected chi connectivity index (χ0v) is 16.6. The molecule has 29 heavy (non-hydrogen) atoms. The van der Waals surface area contributed by atoms with Gasteiger partial charge in [-0.3, -0.25) is 9.63 Å². The fourth-order valence-electron chi connectivity index (χ4n) is 2.09. The zero-order chi connectivity index (χ0) is 21.4. The number of nitrogens with zero attached hydrogens (tertiary/aromatic N) is 3. The molecule has 0 saturated carbocycles. The molecular weight excluding hydrogens is 438 g/mol. The molecule has 0 N–H and O–H groups in total. The first-order chi connectivity index (χ1) is 13.7. The maximum atomic E-state index is 12.6. The van der Waals surface area contributed by atoms with Crippen LogP contribution in [0.4, 0.5) is 13.2 Å². The van der Waals surface area contributed by atoms with Gasteiger partial charge in [-0.25, -0.2) is 5.06 Å². The van der Waals surface area contributed by atoms with Gasteiger partial charge in [-0.15, -0.1) is 0 Å². The molecule has 12 heteroatoms. The Bertz CT molecular complexity index is 837. The van der Waals surface area contributed by atoms with Crippen molar-refractivity contribution < 1.29 is 32.1 Å². The van der Waals surface area contributed by atoms with Gasteiger partial charge in [-0.05, 0) is 11.6 Å². The van der Waals surface area contributed by atoms with E-state index in [0.717, 1.165) is 5.06 Å². The van der Waals surface area contributed by atoms with Crippen LogP contribution in [-0.4, -0.2) is 41.4 Å². The topological polar surface area (TPSA) is 77.7 Å². The molecule has 0 saturated heterocycles. The van der Waals surface area contributed by atoms with Crippen molar-refractivity contribution in [2.24, 2.45) is 0 Å². The molecule has 1 aromatic carbocycles. The second-order valence-corrected chi connectivity index (χ2v) is 6.59. The van der Waals surface area contributed by atoms with Crippen molar-refractivity contribution in [3.8, 4) is 11.4 Å². The van der Waals surface area contributed by atoms with Crippen LogP contribution >= 0.6 is 23.2 Å². The monoisotopic (exact) mass is 453 g/mol. The third-order valence-corrected chi connectivity index (χ3v) is 3.78. The quantitative estimate of drug-likeness (QED) is 0.524. The van der Waals surface area contributed by atoms with Crippen LogP contribution in [-0.2, 0) is 27.1 Å². The van der Waals surface area contributed by atoms with Crippen LogP contribution < -0.4 is 0 Å². The molecule has 2 aromatic rings. The Hall–Kier alpha value is -2.14. The lowest BCUT2D eigenvalue weighted by Crippen LogP contribution is -2.31. The molecule has 0 aliphatic heterocycles. The van der Waals surface area contributed by atoms with Crippen LogP contribution in [0.3, 0.4) is 0 Å². The summed E-state index contributed by atoms with van der Waals surface area (Å²) in [5.74, 6) is -1.95. The van der Waals surface area contributed by atoms with E-state index in [-0.39, 0.29) is 42.4 Å². The summed E-state index contributed by atoms with van der Waals surface area (Å²) in [5.41, 5.74) is 0.975. The number of hydroxylamine groups is 2. The minimum atomic E-state index is -4.72. The molecule has 0 aliphatic rings. The lowest BCUT2D eigenvalue weighted by atomic mass is 10.1. The summed E-state index contributed by atoms with van der Waals surface area (Å²) in [4.78, 5) is 21.0. The van der Waals surface area contributed by atoms with Crippen molar-refractivity contribution in [1.82, 2.24) is 15.2 Å². The minimum Gasteiger partial charge on any atom is -0.384 e. The van der Waals surface area contributed by atoms with E-state index < -0.39 is 12.1 Å². The molecule has 0 aliphatic carbocycles. The molecule has 0 spiro atoms. The van der Waals surface area contributed by atoms with Crippen molar-refractivity contribution in [2.45, 2.75) is 19.1 Å². The van der Waals surface area contributed by atoms with Gasteiger partial charge in [0.15, 0.2) is 0 Å². The van der Waals surface area contributed by atoms with Gasteiger partial charge < -0.3 is 9.26 Å². The number of rotatable bonds is 9. The second-order valence-electron chi connectivity index (χ2n) is 5.58. The van der Waals surface area contributed by atoms with Crippen LogP contribution in [0.5, 0.6) is 0 Å². The van der Waals surface area contributed by atoms with E-state index in [9.17, 15) is 18.0 Å². The maximum absolute atomic E-state index is 12.6. The number of carbonyl (C=O) groups excluding carboxylic acids is 1. The summed E-state index contributed by atoms with van der Waals surface area (Å²) in [7, 11) is 1.47. The standard InChI is InChI=1S/C17H16Cl2F3N3O4/c1-27-8-7-14(26)25(28-9-6-13(18)19)10-11-2-4-12(5-3-11)15-23-16(29-24-15)17(20,21)22/h2-6H,7-10H2,1H3. The lowest BCUT2D eigenvalue weighted by molar-refractivity contribution is -0.186. The summed E-state index contributed by atoms with van der Waals surface area (Å²) in [6, 6.07) is 6.22. The molecule has 2 rings (SSSR count). The predicted octanol–water partition coefficient (Wildman–Crippen LogP) is 4.37. The summed E-state index contributed by atoms with van der Waals surface area (Å²) >= 11 is 11.0. The van der Waals surface area contributed by atoms with Gasteiger partial charge >= 0.3 is 12.1 Å². The van der Waals surface area contributed by atoms with Crippen LogP contribution in [0.15, 0.2) is 39.4 Å². The first-order valence-corrected chi connectivity index (χ1v) is 8.90. The van der Waals surface area contributed by atoms with Crippen molar-refractivity contribution >= 4 is 29.1 Å². The first kappa shape index (κ1) is 23.1. The van der Waals surface area contributed by atoms with E-state index in [1.54, 1.807) is 12.1 Å². The molecule has 0 bridgehead atoms. The Labute approximate surface area is 173 Å². The number of aromatic nitrogens is 2. The molecule has 158 valence electrons. The van der Waals surface area contributed by atoms with Gasteiger partial charge in [0, 0.05) is 12.7 Å². The Balaban J connectivity index is 2.09. The fraction of sp³-hybridized carbons (Fsp3) is 0.353. The number of alkyl halides is 3. The number of carbonyl (C=O) groups is 1. The average molecular weight is 454 g/mol. The summed E-state index contributed by atoms with van der Waals surface area (Å²) in [6.07, 6.45) is -3.25. The van der Waals surface area contributed by atoms with Crippen LogP contribution in [0.2, 0.25) is 0 Å². The highest BCUT2D eigenvalue weighted by Gasteiger charge is 2.38. The van der Waals surface area contributed by atoms with E-state index in [4.69, 9.17) is 32.8 Å². The molecule has 0 unspecified atom stereocenters. The zero-order valence-electron chi connectivity index (χ0n) is 15.1. The minimum absolute atomic E-state index is 0.00279. The number of hydrogen-bond donors (Lipinski definition) is 0. The van der Waals surface area contributed by atoms with E-state index >= 15 is 0 Å². The molecule has 7 nitrogen and oxygen atoms in total. The Morgan fingerprint density at radius 3 is 2.52 bits per heavy atom. The SMILES string of the molecule is COCCC(=O)N(Cc1ccc(-c2noc(C(F)(F)F)n2)cc1)OCC=C(Cl)Cl.